The van der Waals surface area contributed by atoms with Gasteiger partial charge < -0.3 is 28.4 Å². The molecular weight excluding hydrogens is 961 g/mol. The fourth-order valence-electron chi connectivity index (χ4n) is 5.19. The van der Waals surface area contributed by atoms with Gasteiger partial charge >= 0.3 is 35.8 Å². The molecule has 0 unspecified atom stereocenters. The minimum atomic E-state index is -0.776. The van der Waals surface area contributed by atoms with Crippen molar-refractivity contribution in [2.75, 3.05) is 69.0 Å². The molecule has 1 rings (SSSR count). The third-order valence-electron chi connectivity index (χ3n) is 9.09. The minimum absolute atomic E-state index is 0.0854. The fourth-order valence-corrected chi connectivity index (χ4v) is 11.2. The summed E-state index contributed by atoms with van der Waals surface area (Å²) in [5.74, 6) is -0.941. The maximum Gasteiger partial charge on any atom is 0.312 e. The lowest BCUT2D eigenvalue weighted by atomic mass is 10.2. The molecule has 0 radical (unpaired) electrons. The van der Waals surface area contributed by atoms with Gasteiger partial charge in [-0.05, 0) is 73.0 Å². The zero-order valence-electron chi connectivity index (χ0n) is 40.6. The Kier molecular flexibility index (Phi) is 39.6. The van der Waals surface area contributed by atoms with Crippen molar-refractivity contribution in [1.29, 1.82) is 0 Å². The zero-order chi connectivity index (χ0) is 48.6. The molecule has 1 aromatic carbocycles. The number of carbonyl (C=O) groups is 6. The molecule has 378 valence electrons. The first-order valence-electron chi connectivity index (χ1n) is 24.0. The van der Waals surface area contributed by atoms with Crippen LogP contribution in [0.25, 0.3) is 0 Å². The van der Waals surface area contributed by atoms with Gasteiger partial charge in [-0.1, -0.05) is 80.1 Å². The summed E-state index contributed by atoms with van der Waals surface area (Å²) in [7, 11) is 0. The Morgan fingerprint density at radius 3 is 0.515 bits per heavy atom. The summed E-state index contributed by atoms with van der Waals surface area (Å²) in [6.45, 7) is 12.5. The molecule has 0 heterocycles. The summed E-state index contributed by atoms with van der Waals surface area (Å²) in [6.07, 6.45) is 11.2. The summed E-state index contributed by atoms with van der Waals surface area (Å²) in [5, 5.41) is 0. The molecule has 0 aromatic heterocycles. The van der Waals surface area contributed by atoms with E-state index < -0.39 is 70.3 Å². The summed E-state index contributed by atoms with van der Waals surface area (Å²) < 4.78 is 36.0. The Balaban J connectivity index is 4.24. The first-order chi connectivity index (χ1) is 32.1. The Morgan fingerprint density at radius 1 is 0.258 bits per heavy atom. The molecule has 1 aromatic rings. The van der Waals surface area contributed by atoms with E-state index in [1.54, 1.807) is 70.6 Å². The van der Waals surface area contributed by atoms with Crippen LogP contribution in [0.3, 0.4) is 0 Å². The molecule has 66 heavy (non-hydrogen) atoms. The number of unbranched alkanes of at least 4 members (excludes halogenated alkanes) is 6. The molecule has 0 N–H and O–H groups in total. The fraction of sp³-hybridized carbons (Fsp3) is 0.750. The lowest BCUT2D eigenvalue weighted by Crippen LogP contribution is -2.21. The van der Waals surface area contributed by atoms with E-state index >= 15 is 0 Å². The standard InChI is InChI=1S/C48H78O12S6/c1-7-13-25-61-31-19-37(49)55-43-44(56-38(50)20-32-62-26-14-8-2)46(58-40(52)22-34-64-28-16-10-4)48(60-42(54)24-36-66-30-18-12-6)47(59-41(53)23-35-65-29-17-11-5)45(43)57-39(51)21-33-63-27-15-9-3/h7-36H2,1-6H3. The van der Waals surface area contributed by atoms with Crippen molar-refractivity contribution in [3.8, 4) is 34.5 Å². The molecule has 0 fully saturated rings. The van der Waals surface area contributed by atoms with Crippen LogP contribution in [0.5, 0.6) is 34.5 Å². The van der Waals surface area contributed by atoms with Gasteiger partial charge in [0.15, 0.2) is 0 Å². The van der Waals surface area contributed by atoms with Gasteiger partial charge in [0.05, 0.1) is 38.5 Å². The molecule has 0 amide bonds. The lowest BCUT2D eigenvalue weighted by molar-refractivity contribution is -0.140. The number of ether oxygens (including phenoxy) is 6. The molecule has 0 atom stereocenters. The van der Waals surface area contributed by atoms with Crippen molar-refractivity contribution in [3.05, 3.63) is 0 Å². The maximum absolute atomic E-state index is 13.8. The van der Waals surface area contributed by atoms with E-state index in [0.717, 1.165) is 112 Å². The SMILES string of the molecule is CCCCSCCC(=O)Oc1c(OC(=O)CCSCCCC)c(OC(=O)CCSCCCC)c(OC(=O)CCSCCCC)c(OC(=O)CCSCCCC)c1OC(=O)CCSCCCC. The normalized spacial score (nSPS) is 11.0. The van der Waals surface area contributed by atoms with Crippen LogP contribution in [0.2, 0.25) is 0 Å². The first kappa shape index (κ1) is 62.2. The van der Waals surface area contributed by atoms with E-state index in [-0.39, 0.29) is 38.5 Å². The van der Waals surface area contributed by atoms with Gasteiger partial charge in [0, 0.05) is 34.5 Å². The monoisotopic (exact) mass is 1040 g/mol. The highest BCUT2D eigenvalue weighted by Gasteiger charge is 2.38. The average molecular weight is 1040 g/mol. The number of carbonyl (C=O) groups excluding carboxylic acids is 6. The molecule has 0 saturated heterocycles. The van der Waals surface area contributed by atoms with Gasteiger partial charge in [-0.25, -0.2) is 0 Å². The maximum atomic E-state index is 13.8. The Morgan fingerprint density at radius 2 is 0.394 bits per heavy atom. The quantitative estimate of drug-likeness (QED) is 0.0345. The van der Waals surface area contributed by atoms with E-state index in [0.29, 0.717) is 34.5 Å². The predicted molar refractivity (Wildman–Crippen MR) is 281 cm³/mol. The van der Waals surface area contributed by atoms with Crippen molar-refractivity contribution in [1.82, 2.24) is 0 Å². The highest BCUT2D eigenvalue weighted by atomic mass is 32.2. The number of hydrogen-bond acceptors (Lipinski definition) is 18. The average Bonchev–Trinajstić information content (AvgIpc) is 3.29. The summed E-state index contributed by atoms with van der Waals surface area (Å²) in [4.78, 5) is 82.9. The predicted octanol–water partition coefficient (Wildman–Crippen LogP) is 12.7. The summed E-state index contributed by atoms with van der Waals surface area (Å²) >= 11 is 9.39. The molecule has 0 aliphatic rings. The number of esters is 6. The van der Waals surface area contributed by atoms with Crippen LogP contribution in [-0.2, 0) is 28.8 Å². The largest absolute Gasteiger partial charge is 0.418 e. The van der Waals surface area contributed by atoms with Crippen molar-refractivity contribution < 1.29 is 57.2 Å². The summed E-state index contributed by atoms with van der Waals surface area (Å²) in [5.41, 5.74) is 0. The number of rotatable bonds is 42. The van der Waals surface area contributed by atoms with E-state index in [2.05, 4.69) is 41.5 Å². The minimum Gasteiger partial charge on any atom is -0.418 e. The van der Waals surface area contributed by atoms with Crippen LogP contribution in [0.4, 0.5) is 0 Å². The third kappa shape index (κ3) is 29.9. The Labute approximate surface area is 421 Å². The molecular formula is C48H78O12S6. The number of benzene rings is 1. The van der Waals surface area contributed by atoms with Gasteiger partial charge in [-0.3, -0.25) is 28.8 Å². The molecule has 0 aliphatic carbocycles. The van der Waals surface area contributed by atoms with Crippen molar-refractivity contribution >= 4 is 106 Å². The smallest absolute Gasteiger partial charge is 0.312 e. The summed E-state index contributed by atoms with van der Waals surface area (Å²) in [6, 6.07) is 0. The first-order valence-corrected chi connectivity index (χ1v) is 30.9. The highest BCUT2D eigenvalue weighted by molar-refractivity contribution is 8.00. The van der Waals surface area contributed by atoms with Crippen molar-refractivity contribution in [2.24, 2.45) is 0 Å². The molecule has 18 heteroatoms. The second-order valence-corrected chi connectivity index (χ2v) is 22.5. The molecule has 0 saturated carbocycles. The van der Waals surface area contributed by atoms with Crippen LogP contribution in [0, 0.1) is 0 Å². The highest BCUT2D eigenvalue weighted by Crippen LogP contribution is 2.59. The zero-order valence-corrected chi connectivity index (χ0v) is 45.5. The van der Waals surface area contributed by atoms with Gasteiger partial charge in [0.25, 0.3) is 0 Å². The van der Waals surface area contributed by atoms with E-state index in [1.165, 1.54) is 0 Å². The number of hydrogen-bond donors (Lipinski definition) is 0. The van der Waals surface area contributed by atoms with Crippen LogP contribution < -0.4 is 28.4 Å². The van der Waals surface area contributed by atoms with Gasteiger partial charge in [-0.15, -0.1) is 0 Å². The van der Waals surface area contributed by atoms with E-state index in [4.69, 9.17) is 28.4 Å². The van der Waals surface area contributed by atoms with Gasteiger partial charge in [0.2, 0.25) is 34.5 Å². The third-order valence-corrected chi connectivity index (χ3v) is 15.5. The van der Waals surface area contributed by atoms with Gasteiger partial charge in [0.1, 0.15) is 0 Å². The number of thioether (sulfide) groups is 6. The van der Waals surface area contributed by atoms with Crippen molar-refractivity contribution in [3.63, 3.8) is 0 Å². The Hall–Kier alpha value is -1.86. The van der Waals surface area contributed by atoms with Crippen LogP contribution in [-0.4, -0.2) is 105 Å². The second-order valence-electron chi connectivity index (χ2n) is 15.1. The van der Waals surface area contributed by atoms with Crippen molar-refractivity contribution in [2.45, 2.75) is 157 Å². The van der Waals surface area contributed by atoms with E-state index in [1.807, 2.05) is 0 Å². The Bertz CT molecular complexity index is 1240. The molecule has 0 spiro atoms. The molecule has 0 aliphatic heterocycles. The lowest BCUT2D eigenvalue weighted by Gasteiger charge is -2.23. The van der Waals surface area contributed by atoms with E-state index in [9.17, 15) is 28.8 Å². The molecule has 0 bridgehead atoms. The molecule has 12 nitrogen and oxygen atoms in total. The van der Waals surface area contributed by atoms with Gasteiger partial charge in [-0.2, -0.15) is 70.6 Å². The topological polar surface area (TPSA) is 158 Å². The van der Waals surface area contributed by atoms with Crippen LogP contribution in [0.15, 0.2) is 0 Å². The van der Waals surface area contributed by atoms with Crippen LogP contribution >= 0.6 is 70.6 Å². The van der Waals surface area contributed by atoms with Crippen LogP contribution in [0.1, 0.15) is 157 Å². The second kappa shape index (κ2) is 42.1.